The van der Waals surface area contributed by atoms with Crippen LogP contribution in [0.25, 0.3) is 0 Å². The molecule has 1 aliphatic heterocycles. The van der Waals surface area contributed by atoms with Crippen molar-refractivity contribution in [1.82, 2.24) is 5.32 Å². The highest BCUT2D eigenvalue weighted by molar-refractivity contribution is 5.81. The summed E-state index contributed by atoms with van der Waals surface area (Å²) in [5, 5.41) is 12.1. The number of aliphatic hydroxyl groups is 1. The molecule has 0 bridgehead atoms. The van der Waals surface area contributed by atoms with E-state index in [0.717, 1.165) is 6.42 Å². The minimum atomic E-state index is -0.908. The summed E-state index contributed by atoms with van der Waals surface area (Å²) >= 11 is 0. The zero-order valence-corrected chi connectivity index (χ0v) is 9.53. The van der Waals surface area contributed by atoms with Gasteiger partial charge in [0.2, 0.25) is 5.91 Å². The van der Waals surface area contributed by atoms with E-state index in [1.54, 1.807) is 12.1 Å². The maximum absolute atomic E-state index is 13.4. The lowest BCUT2D eigenvalue weighted by atomic mass is 9.91. The van der Waals surface area contributed by atoms with Gasteiger partial charge in [-0.1, -0.05) is 18.2 Å². The first-order chi connectivity index (χ1) is 8.16. The van der Waals surface area contributed by atoms with Crippen LogP contribution in [0, 0.1) is 11.7 Å². The van der Waals surface area contributed by atoms with E-state index in [4.69, 9.17) is 0 Å². The van der Waals surface area contributed by atoms with Crippen LogP contribution in [0.15, 0.2) is 24.3 Å². The molecular formula is C13H16FNO2. The molecule has 0 radical (unpaired) electrons. The van der Waals surface area contributed by atoms with Crippen molar-refractivity contribution < 1.29 is 14.3 Å². The number of carbonyl (C=O) groups excluding carboxylic acids is 1. The highest BCUT2D eigenvalue weighted by Gasteiger charge is 2.26. The van der Waals surface area contributed by atoms with Gasteiger partial charge in [-0.25, -0.2) is 4.39 Å². The van der Waals surface area contributed by atoms with E-state index in [9.17, 15) is 14.3 Å². The van der Waals surface area contributed by atoms with Crippen LogP contribution in [0.2, 0.25) is 0 Å². The normalized spacial score (nSPS) is 24.5. The Balaban J connectivity index is 1.87. The van der Waals surface area contributed by atoms with E-state index in [0.29, 0.717) is 24.9 Å². The van der Waals surface area contributed by atoms with E-state index in [2.05, 4.69) is 5.32 Å². The summed E-state index contributed by atoms with van der Waals surface area (Å²) in [4.78, 5) is 11.0. The van der Waals surface area contributed by atoms with Gasteiger partial charge in [-0.05, 0) is 36.8 Å². The zero-order chi connectivity index (χ0) is 12.3. The quantitative estimate of drug-likeness (QED) is 0.831. The van der Waals surface area contributed by atoms with Gasteiger partial charge in [0.15, 0.2) is 0 Å². The number of carbonyl (C=O) groups is 1. The van der Waals surface area contributed by atoms with Gasteiger partial charge in [-0.15, -0.1) is 0 Å². The molecule has 4 heteroatoms. The molecule has 1 fully saturated rings. The van der Waals surface area contributed by atoms with Crippen LogP contribution in [-0.2, 0) is 11.2 Å². The lowest BCUT2D eigenvalue weighted by Gasteiger charge is -2.26. The number of nitrogens with one attached hydrogen (secondary N) is 1. The van der Waals surface area contributed by atoms with Crippen LogP contribution >= 0.6 is 0 Å². The van der Waals surface area contributed by atoms with E-state index >= 15 is 0 Å². The Bertz CT molecular complexity index is 408. The molecule has 0 aromatic heterocycles. The monoisotopic (exact) mass is 237 g/mol. The Hall–Kier alpha value is -1.42. The topological polar surface area (TPSA) is 49.3 Å². The van der Waals surface area contributed by atoms with E-state index < -0.39 is 6.10 Å². The van der Waals surface area contributed by atoms with Gasteiger partial charge in [0.25, 0.3) is 0 Å². The number of amides is 1. The molecule has 17 heavy (non-hydrogen) atoms. The number of aliphatic hydroxyl groups excluding tert-OH is 1. The third-order valence-corrected chi connectivity index (χ3v) is 3.20. The predicted octanol–water partition coefficient (Wildman–Crippen LogP) is 1.26. The molecule has 0 aliphatic carbocycles. The van der Waals surface area contributed by atoms with E-state index in [1.807, 2.05) is 6.07 Å². The van der Waals surface area contributed by atoms with Crippen LogP contribution in [0.1, 0.15) is 18.4 Å². The lowest BCUT2D eigenvalue weighted by Crippen LogP contribution is -2.44. The van der Waals surface area contributed by atoms with Gasteiger partial charge >= 0.3 is 0 Å². The SMILES string of the molecule is O=C1NCC(CCc2ccccc2F)CC1O. The predicted molar refractivity (Wildman–Crippen MR) is 61.8 cm³/mol. The third-order valence-electron chi connectivity index (χ3n) is 3.20. The number of piperidine rings is 1. The van der Waals surface area contributed by atoms with Gasteiger partial charge in [-0.2, -0.15) is 0 Å². The van der Waals surface area contributed by atoms with Gasteiger partial charge in [0.05, 0.1) is 0 Å². The number of halogens is 1. The van der Waals surface area contributed by atoms with Crippen LogP contribution in [0.4, 0.5) is 4.39 Å². The Morgan fingerprint density at radius 1 is 1.41 bits per heavy atom. The molecule has 0 spiro atoms. The minimum Gasteiger partial charge on any atom is -0.383 e. The number of hydrogen-bond donors (Lipinski definition) is 2. The summed E-state index contributed by atoms with van der Waals surface area (Å²) in [6.45, 7) is 0.574. The number of rotatable bonds is 3. The van der Waals surface area contributed by atoms with Crippen molar-refractivity contribution in [1.29, 1.82) is 0 Å². The van der Waals surface area contributed by atoms with Crippen LogP contribution < -0.4 is 5.32 Å². The molecule has 3 nitrogen and oxygen atoms in total. The molecule has 1 amide bonds. The smallest absolute Gasteiger partial charge is 0.248 e. The van der Waals surface area contributed by atoms with Gasteiger partial charge in [-0.3, -0.25) is 4.79 Å². The molecule has 1 aromatic rings. The molecule has 1 saturated heterocycles. The van der Waals surface area contributed by atoms with Crippen molar-refractivity contribution in [3.05, 3.63) is 35.6 Å². The minimum absolute atomic E-state index is 0.187. The number of benzene rings is 1. The van der Waals surface area contributed by atoms with Gasteiger partial charge in [0.1, 0.15) is 11.9 Å². The highest BCUT2D eigenvalue weighted by atomic mass is 19.1. The summed E-state index contributed by atoms with van der Waals surface area (Å²) in [7, 11) is 0. The van der Waals surface area contributed by atoms with Crippen molar-refractivity contribution in [3.63, 3.8) is 0 Å². The van der Waals surface area contributed by atoms with Gasteiger partial charge in [0, 0.05) is 6.54 Å². The molecule has 1 heterocycles. The summed E-state index contributed by atoms with van der Waals surface area (Å²) < 4.78 is 13.4. The van der Waals surface area contributed by atoms with Crippen LogP contribution in [0.3, 0.4) is 0 Å². The fourth-order valence-corrected chi connectivity index (χ4v) is 2.15. The summed E-state index contributed by atoms with van der Waals surface area (Å²) in [6.07, 6.45) is 0.979. The van der Waals surface area contributed by atoms with Crippen molar-refractivity contribution in [2.75, 3.05) is 6.54 Å². The van der Waals surface area contributed by atoms with E-state index in [1.165, 1.54) is 6.07 Å². The maximum atomic E-state index is 13.4. The number of aryl methyl sites for hydroxylation is 1. The first-order valence-electron chi connectivity index (χ1n) is 5.86. The summed E-state index contributed by atoms with van der Waals surface area (Å²) in [5.41, 5.74) is 0.693. The van der Waals surface area contributed by atoms with Crippen molar-refractivity contribution in [2.45, 2.75) is 25.4 Å². The first kappa shape index (κ1) is 12.0. The molecular weight excluding hydrogens is 221 g/mol. The lowest BCUT2D eigenvalue weighted by molar-refractivity contribution is -0.132. The fraction of sp³-hybridized carbons (Fsp3) is 0.462. The van der Waals surface area contributed by atoms with Crippen molar-refractivity contribution in [2.24, 2.45) is 5.92 Å². The zero-order valence-electron chi connectivity index (χ0n) is 9.53. The maximum Gasteiger partial charge on any atom is 0.248 e. The molecule has 1 aromatic carbocycles. The van der Waals surface area contributed by atoms with Gasteiger partial charge < -0.3 is 10.4 Å². The summed E-state index contributed by atoms with van der Waals surface area (Å²) in [5.74, 6) is -0.262. The number of hydrogen-bond acceptors (Lipinski definition) is 2. The molecule has 0 saturated carbocycles. The third kappa shape index (κ3) is 3.03. The largest absolute Gasteiger partial charge is 0.383 e. The fourth-order valence-electron chi connectivity index (χ4n) is 2.15. The average molecular weight is 237 g/mol. The Morgan fingerprint density at radius 3 is 2.88 bits per heavy atom. The molecule has 1 aliphatic rings. The Morgan fingerprint density at radius 2 is 2.18 bits per heavy atom. The second kappa shape index (κ2) is 5.27. The second-order valence-corrected chi connectivity index (χ2v) is 4.49. The van der Waals surface area contributed by atoms with E-state index in [-0.39, 0.29) is 17.6 Å². The van der Waals surface area contributed by atoms with Crippen LogP contribution in [-0.4, -0.2) is 23.7 Å². The second-order valence-electron chi connectivity index (χ2n) is 4.49. The Labute approximate surface area is 99.7 Å². The molecule has 2 N–H and O–H groups in total. The molecule has 2 rings (SSSR count). The summed E-state index contributed by atoms with van der Waals surface area (Å²) in [6, 6.07) is 6.71. The Kier molecular flexibility index (Phi) is 3.74. The standard InChI is InChI=1S/C13H16FNO2/c14-11-4-2-1-3-10(11)6-5-9-7-12(16)13(17)15-8-9/h1-4,9,12,16H,5-8H2,(H,15,17). The van der Waals surface area contributed by atoms with Crippen molar-refractivity contribution in [3.8, 4) is 0 Å². The van der Waals surface area contributed by atoms with Crippen LogP contribution in [0.5, 0.6) is 0 Å². The molecule has 2 unspecified atom stereocenters. The van der Waals surface area contributed by atoms with Crippen molar-refractivity contribution >= 4 is 5.91 Å². The highest BCUT2D eigenvalue weighted by Crippen LogP contribution is 2.19. The first-order valence-corrected chi connectivity index (χ1v) is 5.86. The molecule has 92 valence electrons. The average Bonchev–Trinajstić information content (AvgIpc) is 2.32. The molecule has 2 atom stereocenters.